The third-order valence-electron chi connectivity index (χ3n) is 3.99. The second-order valence-corrected chi connectivity index (χ2v) is 5.97. The summed E-state index contributed by atoms with van der Waals surface area (Å²) >= 11 is 0. The van der Waals surface area contributed by atoms with Crippen molar-refractivity contribution in [2.75, 3.05) is 10.6 Å². The summed E-state index contributed by atoms with van der Waals surface area (Å²) in [4.78, 5) is 16.7. The van der Waals surface area contributed by atoms with Crippen molar-refractivity contribution in [3.63, 3.8) is 0 Å². The monoisotopic (exact) mass is 342 g/mol. The van der Waals surface area contributed by atoms with E-state index < -0.39 is 0 Å². The molecule has 0 fully saturated rings. The minimum atomic E-state index is -0.267. The number of nitriles is 1. The Morgan fingerprint density at radius 1 is 1.00 bits per heavy atom. The third kappa shape index (κ3) is 3.87. The van der Waals surface area contributed by atoms with Gasteiger partial charge in [0.05, 0.1) is 11.6 Å². The molecule has 26 heavy (non-hydrogen) atoms. The van der Waals surface area contributed by atoms with Crippen LogP contribution in [0.15, 0.2) is 60.8 Å². The molecule has 128 valence electrons. The van der Waals surface area contributed by atoms with E-state index in [4.69, 9.17) is 5.26 Å². The highest BCUT2D eigenvalue weighted by molar-refractivity contribution is 6.04. The minimum Gasteiger partial charge on any atom is -0.355 e. The number of para-hydroxylation sites is 1. The van der Waals surface area contributed by atoms with Crippen LogP contribution in [0.1, 0.15) is 27.2 Å². The van der Waals surface area contributed by atoms with Crippen molar-refractivity contribution in [3.8, 4) is 6.07 Å². The van der Waals surface area contributed by atoms with E-state index >= 15 is 0 Å². The Balaban J connectivity index is 1.80. The number of anilines is 3. The maximum absolute atomic E-state index is 12.6. The molecule has 0 unspecified atom stereocenters. The van der Waals surface area contributed by atoms with E-state index in [1.54, 1.807) is 36.5 Å². The molecular formula is C21H18N4O. The molecule has 0 atom stereocenters. The lowest BCUT2D eigenvalue weighted by Gasteiger charge is -2.12. The Morgan fingerprint density at radius 2 is 1.69 bits per heavy atom. The van der Waals surface area contributed by atoms with Gasteiger partial charge in [-0.2, -0.15) is 5.26 Å². The van der Waals surface area contributed by atoms with E-state index in [9.17, 15) is 4.79 Å². The Kier molecular flexibility index (Phi) is 4.95. The van der Waals surface area contributed by atoms with E-state index in [-0.39, 0.29) is 5.91 Å². The molecule has 2 aromatic carbocycles. The number of aromatic nitrogens is 1. The molecule has 1 heterocycles. The number of aryl methyl sites for hydroxylation is 2. The summed E-state index contributed by atoms with van der Waals surface area (Å²) in [5.74, 6) is -0.267. The predicted molar refractivity (Wildman–Crippen MR) is 103 cm³/mol. The lowest BCUT2D eigenvalue weighted by molar-refractivity contribution is 0.102. The highest BCUT2D eigenvalue weighted by Crippen LogP contribution is 2.21. The molecular weight excluding hydrogens is 324 g/mol. The highest BCUT2D eigenvalue weighted by Gasteiger charge is 2.11. The van der Waals surface area contributed by atoms with E-state index in [1.165, 1.54) is 0 Å². The van der Waals surface area contributed by atoms with Crippen molar-refractivity contribution in [3.05, 3.63) is 83.2 Å². The molecule has 0 bridgehead atoms. The summed E-state index contributed by atoms with van der Waals surface area (Å²) < 4.78 is 0. The zero-order valence-corrected chi connectivity index (χ0v) is 14.6. The average molecular weight is 342 g/mol. The third-order valence-corrected chi connectivity index (χ3v) is 3.99. The first kappa shape index (κ1) is 17.2. The molecule has 0 saturated carbocycles. The number of rotatable bonds is 4. The van der Waals surface area contributed by atoms with Crippen LogP contribution in [0.2, 0.25) is 0 Å². The van der Waals surface area contributed by atoms with Crippen LogP contribution in [0.3, 0.4) is 0 Å². The zero-order chi connectivity index (χ0) is 18.5. The molecule has 1 amide bonds. The molecule has 2 N–H and O–H groups in total. The van der Waals surface area contributed by atoms with Crippen LogP contribution in [0.25, 0.3) is 0 Å². The molecule has 0 aliphatic heterocycles. The molecule has 3 rings (SSSR count). The van der Waals surface area contributed by atoms with Crippen LogP contribution in [-0.2, 0) is 0 Å². The van der Waals surface area contributed by atoms with Gasteiger partial charge in [0.2, 0.25) is 0 Å². The van der Waals surface area contributed by atoms with E-state index in [1.807, 2.05) is 38.1 Å². The molecule has 5 heteroatoms. The van der Waals surface area contributed by atoms with Gasteiger partial charge in [0.1, 0.15) is 5.69 Å². The van der Waals surface area contributed by atoms with Gasteiger partial charge in [-0.3, -0.25) is 9.78 Å². The Bertz CT molecular complexity index is 985. The largest absolute Gasteiger partial charge is 0.355 e. The SMILES string of the molecule is Cc1cccc(C)c1NC(=O)c1cc(Nc2cccc(C#N)c2)ccn1. The van der Waals surface area contributed by atoms with Gasteiger partial charge in [-0.05, 0) is 55.3 Å². The molecule has 1 aromatic heterocycles. The number of carbonyl (C=O) groups is 1. The van der Waals surface area contributed by atoms with Gasteiger partial charge in [-0.15, -0.1) is 0 Å². The fourth-order valence-corrected chi connectivity index (χ4v) is 2.65. The number of hydrogen-bond acceptors (Lipinski definition) is 4. The molecule has 3 aromatic rings. The van der Waals surface area contributed by atoms with Gasteiger partial charge in [-0.1, -0.05) is 24.3 Å². The summed E-state index contributed by atoms with van der Waals surface area (Å²) in [5, 5.41) is 15.1. The van der Waals surface area contributed by atoms with Gasteiger partial charge < -0.3 is 10.6 Å². The quantitative estimate of drug-likeness (QED) is 0.728. The summed E-state index contributed by atoms with van der Waals surface area (Å²) in [5.41, 5.74) is 5.19. The normalized spacial score (nSPS) is 10.0. The number of nitrogens with one attached hydrogen (secondary N) is 2. The van der Waals surface area contributed by atoms with Crippen LogP contribution in [0, 0.1) is 25.2 Å². The van der Waals surface area contributed by atoms with Crippen LogP contribution < -0.4 is 10.6 Å². The van der Waals surface area contributed by atoms with Gasteiger partial charge in [-0.25, -0.2) is 0 Å². The van der Waals surface area contributed by atoms with Crippen LogP contribution in [0.4, 0.5) is 17.1 Å². The first-order chi connectivity index (χ1) is 12.6. The van der Waals surface area contributed by atoms with Crippen molar-refractivity contribution in [1.82, 2.24) is 4.98 Å². The molecule has 0 aliphatic rings. The standard InChI is InChI=1S/C21H18N4O/c1-14-5-3-6-15(2)20(14)25-21(26)19-12-18(9-10-23-19)24-17-8-4-7-16(11-17)13-22/h3-12H,1-2H3,(H,23,24)(H,25,26). The smallest absolute Gasteiger partial charge is 0.274 e. The van der Waals surface area contributed by atoms with E-state index in [0.717, 1.165) is 28.2 Å². The molecule has 0 aliphatic carbocycles. The second kappa shape index (κ2) is 7.49. The van der Waals surface area contributed by atoms with Gasteiger partial charge in [0.25, 0.3) is 5.91 Å². The topological polar surface area (TPSA) is 77.8 Å². The van der Waals surface area contributed by atoms with Crippen molar-refractivity contribution >= 4 is 23.0 Å². The number of pyridine rings is 1. The molecule has 0 saturated heterocycles. The fraction of sp³-hybridized carbons (Fsp3) is 0.0952. The van der Waals surface area contributed by atoms with Gasteiger partial charge in [0.15, 0.2) is 0 Å². The Hall–Kier alpha value is -3.65. The summed E-state index contributed by atoms with van der Waals surface area (Å²) in [6, 6.07) is 18.6. The first-order valence-corrected chi connectivity index (χ1v) is 8.17. The van der Waals surface area contributed by atoms with E-state index in [0.29, 0.717) is 11.3 Å². The van der Waals surface area contributed by atoms with Crippen LogP contribution in [0.5, 0.6) is 0 Å². The second-order valence-electron chi connectivity index (χ2n) is 5.97. The van der Waals surface area contributed by atoms with Crippen LogP contribution >= 0.6 is 0 Å². The van der Waals surface area contributed by atoms with Crippen molar-refractivity contribution in [2.24, 2.45) is 0 Å². The van der Waals surface area contributed by atoms with Gasteiger partial charge in [0, 0.05) is 23.3 Å². The van der Waals surface area contributed by atoms with Crippen molar-refractivity contribution < 1.29 is 4.79 Å². The van der Waals surface area contributed by atoms with Crippen molar-refractivity contribution in [1.29, 1.82) is 5.26 Å². The zero-order valence-electron chi connectivity index (χ0n) is 14.6. The summed E-state index contributed by atoms with van der Waals surface area (Å²) in [6.07, 6.45) is 1.58. The average Bonchev–Trinajstić information content (AvgIpc) is 2.65. The number of amides is 1. The molecule has 5 nitrogen and oxygen atoms in total. The Morgan fingerprint density at radius 3 is 2.42 bits per heavy atom. The van der Waals surface area contributed by atoms with Gasteiger partial charge >= 0.3 is 0 Å². The number of carbonyl (C=O) groups excluding carboxylic acids is 1. The molecule has 0 spiro atoms. The summed E-state index contributed by atoms with van der Waals surface area (Å²) in [7, 11) is 0. The van der Waals surface area contributed by atoms with Crippen molar-refractivity contribution in [2.45, 2.75) is 13.8 Å². The maximum Gasteiger partial charge on any atom is 0.274 e. The number of hydrogen-bond donors (Lipinski definition) is 2. The number of nitrogens with zero attached hydrogens (tertiary/aromatic N) is 2. The Labute approximate surface area is 152 Å². The molecule has 0 radical (unpaired) electrons. The number of benzene rings is 2. The lowest BCUT2D eigenvalue weighted by atomic mass is 10.1. The highest BCUT2D eigenvalue weighted by atomic mass is 16.1. The lowest BCUT2D eigenvalue weighted by Crippen LogP contribution is -2.15. The van der Waals surface area contributed by atoms with Crippen LogP contribution in [-0.4, -0.2) is 10.9 Å². The minimum absolute atomic E-state index is 0.267. The van der Waals surface area contributed by atoms with E-state index in [2.05, 4.69) is 21.7 Å². The fourth-order valence-electron chi connectivity index (χ4n) is 2.65. The summed E-state index contributed by atoms with van der Waals surface area (Å²) in [6.45, 7) is 3.91. The first-order valence-electron chi connectivity index (χ1n) is 8.17. The predicted octanol–water partition coefficient (Wildman–Crippen LogP) is 4.57. The maximum atomic E-state index is 12.6.